The van der Waals surface area contributed by atoms with E-state index in [2.05, 4.69) is 20.6 Å². The molecule has 0 aliphatic carbocycles. The SMILES string of the molecule is CC[C@H](N)[C@@H](C)Nc1nc(Nc2ccc3ncccc3c2)c(C(N)=O)cc1F. The molecule has 0 fully saturated rings. The predicted octanol–water partition coefficient (Wildman–Crippen LogP) is 3.15. The Morgan fingerprint density at radius 3 is 2.75 bits per heavy atom. The highest BCUT2D eigenvalue weighted by Gasteiger charge is 2.19. The zero-order valence-corrected chi connectivity index (χ0v) is 15.7. The Bertz CT molecular complexity index is 1010. The first-order valence-electron chi connectivity index (χ1n) is 9.03. The summed E-state index contributed by atoms with van der Waals surface area (Å²) in [7, 11) is 0. The molecule has 0 bridgehead atoms. The van der Waals surface area contributed by atoms with E-state index in [1.54, 1.807) is 12.3 Å². The molecule has 146 valence electrons. The van der Waals surface area contributed by atoms with Crippen LogP contribution in [0.4, 0.5) is 21.7 Å². The molecule has 7 nitrogen and oxygen atoms in total. The average molecular weight is 382 g/mol. The van der Waals surface area contributed by atoms with Crippen LogP contribution < -0.4 is 22.1 Å². The largest absolute Gasteiger partial charge is 0.365 e. The third-order valence-corrected chi connectivity index (χ3v) is 4.59. The van der Waals surface area contributed by atoms with Crippen molar-refractivity contribution >= 4 is 34.1 Å². The standard InChI is InChI=1S/C20H23FN6O/c1-3-16(22)11(2)25-20-15(21)10-14(18(23)28)19(27-20)26-13-6-7-17-12(9-13)5-4-8-24-17/h4-11,16H,3,22H2,1-2H3,(H2,23,28)(H2,25,26,27)/t11-,16+/m1/s1. The summed E-state index contributed by atoms with van der Waals surface area (Å²) in [6, 6.07) is 9.96. The highest BCUT2D eigenvalue weighted by molar-refractivity contribution is 5.99. The molecule has 0 unspecified atom stereocenters. The molecule has 0 saturated heterocycles. The van der Waals surface area contributed by atoms with Gasteiger partial charge in [0.1, 0.15) is 5.82 Å². The van der Waals surface area contributed by atoms with E-state index in [0.29, 0.717) is 5.69 Å². The number of fused-ring (bicyclic) bond motifs is 1. The van der Waals surface area contributed by atoms with Crippen LogP contribution in [0.3, 0.4) is 0 Å². The van der Waals surface area contributed by atoms with Crippen LogP contribution in [-0.2, 0) is 0 Å². The fourth-order valence-electron chi connectivity index (χ4n) is 2.84. The summed E-state index contributed by atoms with van der Waals surface area (Å²) in [5.74, 6) is -1.28. The molecule has 1 aromatic carbocycles. The van der Waals surface area contributed by atoms with Gasteiger partial charge in [-0.25, -0.2) is 9.37 Å². The molecule has 0 aliphatic rings. The number of pyridine rings is 2. The molecular weight excluding hydrogens is 359 g/mol. The lowest BCUT2D eigenvalue weighted by atomic mass is 10.1. The fraction of sp³-hybridized carbons (Fsp3) is 0.250. The van der Waals surface area contributed by atoms with Gasteiger partial charge in [-0.1, -0.05) is 13.0 Å². The fourth-order valence-corrected chi connectivity index (χ4v) is 2.84. The van der Waals surface area contributed by atoms with Gasteiger partial charge in [-0.3, -0.25) is 9.78 Å². The van der Waals surface area contributed by atoms with Gasteiger partial charge in [-0.2, -0.15) is 0 Å². The summed E-state index contributed by atoms with van der Waals surface area (Å²) in [6.45, 7) is 3.80. The Kier molecular flexibility index (Phi) is 5.70. The van der Waals surface area contributed by atoms with E-state index in [9.17, 15) is 9.18 Å². The van der Waals surface area contributed by atoms with Crippen molar-refractivity contribution in [2.75, 3.05) is 10.6 Å². The van der Waals surface area contributed by atoms with E-state index in [1.807, 2.05) is 38.1 Å². The second-order valence-electron chi connectivity index (χ2n) is 6.62. The lowest BCUT2D eigenvalue weighted by Gasteiger charge is -2.21. The van der Waals surface area contributed by atoms with Crippen molar-refractivity contribution in [2.24, 2.45) is 11.5 Å². The van der Waals surface area contributed by atoms with Crippen LogP contribution in [-0.4, -0.2) is 28.0 Å². The van der Waals surface area contributed by atoms with Gasteiger partial charge in [0.15, 0.2) is 11.6 Å². The first-order valence-corrected chi connectivity index (χ1v) is 9.03. The second-order valence-corrected chi connectivity index (χ2v) is 6.62. The van der Waals surface area contributed by atoms with Crippen LogP contribution in [0, 0.1) is 5.82 Å². The molecular formula is C20H23FN6O. The quantitative estimate of drug-likeness (QED) is 0.498. The van der Waals surface area contributed by atoms with Gasteiger partial charge < -0.3 is 22.1 Å². The second kappa shape index (κ2) is 8.18. The lowest BCUT2D eigenvalue weighted by molar-refractivity contribution is 0.100. The van der Waals surface area contributed by atoms with Crippen LogP contribution in [0.5, 0.6) is 0 Å². The first kappa shape index (κ1) is 19.5. The van der Waals surface area contributed by atoms with E-state index >= 15 is 0 Å². The minimum absolute atomic E-state index is 0.00589. The molecule has 8 heteroatoms. The Labute approximate surface area is 162 Å². The van der Waals surface area contributed by atoms with Crippen molar-refractivity contribution in [3.05, 3.63) is 54.0 Å². The number of halogens is 1. The van der Waals surface area contributed by atoms with Crippen molar-refractivity contribution in [1.82, 2.24) is 9.97 Å². The lowest BCUT2D eigenvalue weighted by Crippen LogP contribution is -2.38. The third-order valence-electron chi connectivity index (χ3n) is 4.59. The van der Waals surface area contributed by atoms with E-state index in [4.69, 9.17) is 11.5 Å². The molecule has 3 aromatic rings. The van der Waals surface area contributed by atoms with Gasteiger partial charge in [0, 0.05) is 29.4 Å². The summed E-state index contributed by atoms with van der Waals surface area (Å²) in [4.78, 5) is 20.3. The molecule has 0 aliphatic heterocycles. The molecule has 2 aromatic heterocycles. The molecule has 0 saturated carbocycles. The maximum atomic E-state index is 14.5. The maximum Gasteiger partial charge on any atom is 0.252 e. The number of carbonyl (C=O) groups is 1. The number of anilines is 3. The van der Waals surface area contributed by atoms with Crippen molar-refractivity contribution < 1.29 is 9.18 Å². The number of benzene rings is 1. The molecule has 2 atom stereocenters. The zero-order valence-electron chi connectivity index (χ0n) is 15.7. The number of aromatic nitrogens is 2. The molecule has 0 spiro atoms. The zero-order chi connectivity index (χ0) is 20.3. The van der Waals surface area contributed by atoms with E-state index in [0.717, 1.165) is 23.4 Å². The third kappa shape index (κ3) is 4.17. The van der Waals surface area contributed by atoms with Crippen molar-refractivity contribution in [3.8, 4) is 0 Å². The molecule has 6 N–H and O–H groups in total. The number of primary amides is 1. The number of nitrogens with two attached hydrogens (primary N) is 2. The minimum atomic E-state index is -0.777. The van der Waals surface area contributed by atoms with Crippen LogP contribution in [0.15, 0.2) is 42.6 Å². The molecule has 0 radical (unpaired) electrons. The smallest absolute Gasteiger partial charge is 0.252 e. The number of carbonyl (C=O) groups excluding carboxylic acids is 1. The molecule has 2 heterocycles. The number of hydrogen-bond acceptors (Lipinski definition) is 6. The van der Waals surface area contributed by atoms with E-state index < -0.39 is 11.7 Å². The summed E-state index contributed by atoms with van der Waals surface area (Å²) >= 11 is 0. The number of amides is 1. The number of rotatable bonds is 7. The predicted molar refractivity (Wildman–Crippen MR) is 109 cm³/mol. The number of nitrogens with one attached hydrogen (secondary N) is 2. The maximum absolute atomic E-state index is 14.5. The Morgan fingerprint density at radius 2 is 2.04 bits per heavy atom. The van der Waals surface area contributed by atoms with Crippen LogP contribution in [0.25, 0.3) is 10.9 Å². The highest BCUT2D eigenvalue weighted by Crippen LogP contribution is 2.26. The number of hydrogen-bond donors (Lipinski definition) is 4. The van der Waals surface area contributed by atoms with E-state index in [-0.39, 0.29) is 29.3 Å². The first-order chi connectivity index (χ1) is 13.4. The van der Waals surface area contributed by atoms with Gasteiger partial charge in [0.05, 0.1) is 11.1 Å². The Hall–Kier alpha value is -3.26. The summed E-state index contributed by atoms with van der Waals surface area (Å²) in [6.07, 6.45) is 2.44. The Morgan fingerprint density at radius 1 is 1.25 bits per heavy atom. The minimum Gasteiger partial charge on any atom is -0.365 e. The van der Waals surface area contributed by atoms with Gasteiger partial charge in [-0.15, -0.1) is 0 Å². The number of nitrogens with zero attached hydrogens (tertiary/aromatic N) is 2. The molecule has 3 rings (SSSR count). The van der Waals surface area contributed by atoms with E-state index in [1.165, 1.54) is 0 Å². The van der Waals surface area contributed by atoms with Gasteiger partial charge >= 0.3 is 0 Å². The van der Waals surface area contributed by atoms with Gasteiger partial charge in [0.25, 0.3) is 5.91 Å². The summed E-state index contributed by atoms with van der Waals surface area (Å²) in [5, 5.41) is 6.94. The van der Waals surface area contributed by atoms with Crippen molar-refractivity contribution in [3.63, 3.8) is 0 Å². The van der Waals surface area contributed by atoms with Crippen LogP contribution in [0.2, 0.25) is 0 Å². The van der Waals surface area contributed by atoms with Gasteiger partial charge in [0.2, 0.25) is 0 Å². The summed E-state index contributed by atoms with van der Waals surface area (Å²) in [5.41, 5.74) is 12.9. The van der Waals surface area contributed by atoms with Crippen molar-refractivity contribution in [2.45, 2.75) is 32.4 Å². The van der Waals surface area contributed by atoms with Gasteiger partial charge in [-0.05, 0) is 43.7 Å². The Balaban J connectivity index is 1.97. The van der Waals surface area contributed by atoms with Crippen LogP contribution in [0.1, 0.15) is 30.6 Å². The van der Waals surface area contributed by atoms with Crippen LogP contribution >= 0.6 is 0 Å². The topological polar surface area (TPSA) is 119 Å². The average Bonchev–Trinajstić information content (AvgIpc) is 2.69. The highest BCUT2D eigenvalue weighted by atomic mass is 19.1. The molecule has 1 amide bonds. The monoisotopic (exact) mass is 382 g/mol. The summed E-state index contributed by atoms with van der Waals surface area (Å²) < 4.78 is 14.5. The molecule has 28 heavy (non-hydrogen) atoms. The normalized spacial score (nSPS) is 13.1. The van der Waals surface area contributed by atoms with Crippen molar-refractivity contribution in [1.29, 1.82) is 0 Å².